The molecule has 0 saturated heterocycles. The summed E-state index contributed by atoms with van der Waals surface area (Å²) >= 11 is 3.31. The number of nitrogens with zero attached hydrogens (tertiary/aromatic N) is 1. The van der Waals surface area contributed by atoms with Gasteiger partial charge in [-0.3, -0.25) is 4.79 Å². The van der Waals surface area contributed by atoms with Crippen LogP contribution in [0.25, 0.3) is 0 Å². The van der Waals surface area contributed by atoms with Crippen molar-refractivity contribution in [1.82, 2.24) is 4.98 Å². The van der Waals surface area contributed by atoms with Gasteiger partial charge in [0, 0.05) is 16.2 Å². The summed E-state index contributed by atoms with van der Waals surface area (Å²) in [4.78, 5) is 27.7. The Morgan fingerprint density at radius 3 is 2.57 bits per heavy atom. The lowest BCUT2D eigenvalue weighted by Gasteiger charge is -2.06. The molecule has 6 heteroatoms. The molecule has 1 N–H and O–H groups in total. The molecule has 5 nitrogen and oxygen atoms in total. The van der Waals surface area contributed by atoms with Gasteiger partial charge in [-0.15, -0.1) is 0 Å². The summed E-state index contributed by atoms with van der Waals surface area (Å²) in [5.41, 5.74) is 0.847. The fourth-order valence-corrected chi connectivity index (χ4v) is 1.89. The third-order valence-electron chi connectivity index (χ3n) is 2.62. The number of ether oxygens (including phenoxy) is 1. The van der Waals surface area contributed by atoms with E-state index < -0.39 is 5.97 Å². The van der Waals surface area contributed by atoms with Crippen LogP contribution in [0.5, 0.6) is 0 Å². The van der Waals surface area contributed by atoms with E-state index in [4.69, 9.17) is 4.74 Å². The maximum atomic E-state index is 12.0. The van der Waals surface area contributed by atoms with E-state index in [-0.39, 0.29) is 5.91 Å². The van der Waals surface area contributed by atoms with Gasteiger partial charge >= 0.3 is 5.97 Å². The van der Waals surface area contributed by atoms with Crippen LogP contribution in [0.4, 0.5) is 5.82 Å². The van der Waals surface area contributed by atoms with Crippen LogP contribution >= 0.6 is 15.9 Å². The van der Waals surface area contributed by atoms with Crippen molar-refractivity contribution in [1.29, 1.82) is 0 Å². The smallest absolute Gasteiger partial charge is 0.338 e. The standard InChI is InChI=1S/C15H13BrN2O3/c1-2-21-15(20)11-7-8-17-13(9-11)18-14(19)10-3-5-12(16)6-4-10/h3-9H,2H2,1H3,(H,17,18,19). The molecule has 1 heterocycles. The molecule has 0 aliphatic carbocycles. The Kier molecular flexibility index (Phi) is 5.05. The van der Waals surface area contributed by atoms with E-state index in [0.717, 1.165) is 4.47 Å². The van der Waals surface area contributed by atoms with Gasteiger partial charge in [-0.25, -0.2) is 9.78 Å². The first-order valence-electron chi connectivity index (χ1n) is 6.30. The van der Waals surface area contributed by atoms with Crippen LogP contribution in [0.15, 0.2) is 47.1 Å². The third-order valence-corrected chi connectivity index (χ3v) is 3.15. The lowest BCUT2D eigenvalue weighted by molar-refractivity contribution is 0.0526. The summed E-state index contributed by atoms with van der Waals surface area (Å²) in [5.74, 6) is -0.441. The number of pyridine rings is 1. The average molecular weight is 349 g/mol. The Balaban J connectivity index is 2.12. The van der Waals surface area contributed by atoms with Gasteiger partial charge in [0.15, 0.2) is 0 Å². The largest absolute Gasteiger partial charge is 0.462 e. The van der Waals surface area contributed by atoms with E-state index in [1.165, 1.54) is 18.3 Å². The van der Waals surface area contributed by atoms with Gasteiger partial charge in [0.1, 0.15) is 5.82 Å². The maximum absolute atomic E-state index is 12.0. The number of nitrogens with one attached hydrogen (secondary N) is 1. The molecule has 0 atom stereocenters. The molecule has 2 aromatic rings. The molecule has 1 amide bonds. The SMILES string of the molecule is CCOC(=O)c1ccnc(NC(=O)c2ccc(Br)cc2)c1. The summed E-state index contributed by atoms with van der Waals surface area (Å²) in [6.45, 7) is 2.02. The molecule has 2 rings (SSSR count). The number of halogens is 1. The van der Waals surface area contributed by atoms with Crippen LogP contribution in [0.3, 0.4) is 0 Å². The van der Waals surface area contributed by atoms with Crippen molar-refractivity contribution in [2.24, 2.45) is 0 Å². The van der Waals surface area contributed by atoms with Crippen molar-refractivity contribution < 1.29 is 14.3 Å². The number of carbonyl (C=O) groups excluding carboxylic acids is 2. The first-order chi connectivity index (χ1) is 10.1. The number of hydrogen-bond acceptors (Lipinski definition) is 4. The fraction of sp³-hybridized carbons (Fsp3) is 0.133. The lowest BCUT2D eigenvalue weighted by Crippen LogP contribution is -2.14. The molecular weight excluding hydrogens is 336 g/mol. The molecule has 0 aliphatic rings. The monoisotopic (exact) mass is 348 g/mol. The third kappa shape index (κ3) is 4.13. The van der Waals surface area contributed by atoms with Gasteiger partial charge in [-0.1, -0.05) is 15.9 Å². The highest BCUT2D eigenvalue weighted by atomic mass is 79.9. The molecule has 0 unspecified atom stereocenters. The summed E-state index contributed by atoms with van der Waals surface area (Å²) in [7, 11) is 0. The predicted molar refractivity (Wildman–Crippen MR) is 82.3 cm³/mol. The van der Waals surface area contributed by atoms with E-state index in [0.29, 0.717) is 23.6 Å². The van der Waals surface area contributed by atoms with Crippen molar-refractivity contribution in [3.8, 4) is 0 Å². The van der Waals surface area contributed by atoms with Gasteiger partial charge in [-0.2, -0.15) is 0 Å². The van der Waals surface area contributed by atoms with Crippen molar-refractivity contribution in [2.45, 2.75) is 6.92 Å². The molecule has 1 aromatic carbocycles. The van der Waals surface area contributed by atoms with Crippen LogP contribution in [0, 0.1) is 0 Å². The quantitative estimate of drug-likeness (QED) is 0.861. The summed E-state index contributed by atoms with van der Waals surface area (Å²) in [6, 6.07) is 9.94. The second kappa shape index (κ2) is 6.99. The number of hydrogen-bond donors (Lipinski definition) is 1. The summed E-state index contributed by atoms with van der Waals surface area (Å²) in [5, 5.41) is 2.64. The highest BCUT2D eigenvalue weighted by Crippen LogP contribution is 2.13. The Hall–Kier alpha value is -2.21. The van der Waals surface area contributed by atoms with Crippen molar-refractivity contribution in [2.75, 3.05) is 11.9 Å². The summed E-state index contributed by atoms with van der Waals surface area (Å²) < 4.78 is 5.79. The van der Waals surface area contributed by atoms with Crippen LogP contribution in [0.1, 0.15) is 27.6 Å². The number of esters is 1. The van der Waals surface area contributed by atoms with Gasteiger partial charge in [-0.05, 0) is 43.3 Å². The Morgan fingerprint density at radius 1 is 1.19 bits per heavy atom. The van der Waals surface area contributed by atoms with E-state index >= 15 is 0 Å². The molecule has 21 heavy (non-hydrogen) atoms. The highest BCUT2D eigenvalue weighted by Gasteiger charge is 2.10. The van der Waals surface area contributed by atoms with Gasteiger partial charge in [0.25, 0.3) is 5.91 Å². The number of carbonyl (C=O) groups is 2. The van der Waals surface area contributed by atoms with E-state index in [1.807, 2.05) is 0 Å². The minimum atomic E-state index is -0.445. The van der Waals surface area contributed by atoms with Crippen LogP contribution in [-0.2, 0) is 4.74 Å². The Labute approximate surface area is 130 Å². The maximum Gasteiger partial charge on any atom is 0.338 e. The molecule has 1 aromatic heterocycles. The zero-order chi connectivity index (χ0) is 15.2. The molecule has 0 spiro atoms. The zero-order valence-electron chi connectivity index (χ0n) is 11.3. The Morgan fingerprint density at radius 2 is 1.90 bits per heavy atom. The topological polar surface area (TPSA) is 68.3 Å². The molecule has 0 bridgehead atoms. The number of aromatic nitrogens is 1. The second-order valence-corrected chi connectivity index (χ2v) is 5.03. The van der Waals surface area contributed by atoms with Crippen LogP contribution in [-0.4, -0.2) is 23.5 Å². The second-order valence-electron chi connectivity index (χ2n) is 4.11. The van der Waals surface area contributed by atoms with Gasteiger partial charge < -0.3 is 10.1 Å². The minimum absolute atomic E-state index is 0.293. The van der Waals surface area contributed by atoms with Crippen molar-refractivity contribution in [3.05, 3.63) is 58.2 Å². The Bertz CT molecular complexity index is 656. The van der Waals surface area contributed by atoms with E-state index in [2.05, 4.69) is 26.2 Å². The van der Waals surface area contributed by atoms with Crippen LogP contribution < -0.4 is 5.32 Å². The van der Waals surface area contributed by atoms with E-state index in [9.17, 15) is 9.59 Å². The first kappa shape index (κ1) is 15.2. The zero-order valence-corrected chi connectivity index (χ0v) is 12.9. The molecule has 0 fully saturated rings. The normalized spacial score (nSPS) is 10.0. The van der Waals surface area contributed by atoms with Gasteiger partial charge in [0.05, 0.1) is 12.2 Å². The van der Waals surface area contributed by atoms with E-state index in [1.54, 1.807) is 31.2 Å². The predicted octanol–water partition coefficient (Wildman–Crippen LogP) is 3.27. The highest BCUT2D eigenvalue weighted by molar-refractivity contribution is 9.10. The van der Waals surface area contributed by atoms with Crippen molar-refractivity contribution >= 4 is 33.6 Å². The lowest BCUT2D eigenvalue weighted by atomic mass is 10.2. The fourth-order valence-electron chi connectivity index (χ4n) is 1.63. The number of rotatable bonds is 4. The summed E-state index contributed by atoms with van der Waals surface area (Å²) in [6.07, 6.45) is 1.45. The number of amides is 1. The van der Waals surface area contributed by atoms with Gasteiger partial charge in [0.2, 0.25) is 0 Å². The minimum Gasteiger partial charge on any atom is -0.462 e. The number of anilines is 1. The number of benzene rings is 1. The molecule has 0 radical (unpaired) electrons. The molecule has 0 saturated carbocycles. The molecule has 0 aliphatic heterocycles. The van der Waals surface area contributed by atoms with Crippen molar-refractivity contribution in [3.63, 3.8) is 0 Å². The first-order valence-corrected chi connectivity index (χ1v) is 7.09. The molecule has 108 valence electrons. The van der Waals surface area contributed by atoms with Crippen LogP contribution in [0.2, 0.25) is 0 Å². The average Bonchev–Trinajstić information content (AvgIpc) is 2.48. The molecular formula is C15H13BrN2O3.